The van der Waals surface area contributed by atoms with Crippen molar-refractivity contribution in [3.63, 3.8) is 0 Å². The zero-order valence-electron chi connectivity index (χ0n) is 9.50. The molecule has 0 spiro atoms. The predicted octanol–water partition coefficient (Wildman–Crippen LogP) is 1.39. The highest BCUT2D eigenvalue weighted by Gasteiger charge is 2.23. The van der Waals surface area contributed by atoms with Gasteiger partial charge in [0.05, 0.1) is 17.7 Å². The molecule has 0 aliphatic rings. The number of hydrogen-bond donors (Lipinski definition) is 5. The van der Waals surface area contributed by atoms with Crippen molar-refractivity contribution in [2.75, 3.05) is 0 Å². The second kappa shape index (κ2) is 6.54. The molecule has 6 heteroatoms. The van der Waals surface area contributed by atoms with Gasteiger partial charge in [0.1, 0.15) is 17.2 Å². The number of hydrogen-bond acceptors (Lipinski definition) is 5. The molecule has 0 fully saturated rings. The Balaban J connectivity index is 0.00000256. The molecule has 0 bridgehead atoms. The Bertz CT molecular complexity index is 349. The summed E-state index contributed by atoms with van der Waals surface area (Å²) in [5.41, 5.74) is 5.78. The monoisotopic (exact) mass is 263 g/mol. The van der Waals surface area contributed by atoms with Crippen LogP contribution in [-0.4, -0.2) is 26.5 Å². The van der Waals surface area contributed by atoms with E-state index in [1.165, 1.54) is 0 Å². The standard InChI is InChI=1S/C11H17NO4.ClH/c1-2-3-7(14)11(12)10-8(15)4-6(13)5-9(10)16;/h4-5,7,11,13-16H,2-3,12H2,1H3;1H/t7-,11-;/m0./s1. The van der Waals surface area contributed by atoms with Crippen molar-refractivity contribution < 1.29 is 20.4 Å². The first-order valence-electron chi connectivity index (χ1n) is 5.15. The van der Waals surface area contributed by atoms with E-state index in [0.717, 1.165) is 18.6 Å². The molecule has 0 saturated heterocycles. The van der Waals surface area contributed by atoms with Crippen molar-refractivity contribution in [2.45, 2.75) is 31.9 Å². The third-order valence-corrected chi connectivity index (χ3v) is 2.45. The van der Waals surface area contributed by atoms with Gasteiger partial charge in [-0.2, -0.15) is 0 Å². The summed E-state index contributed by atoms with van der Waals surface area (Å²) in [7, 11) is 0. The molecule has 0 saturated carbocycles. The van der Waals surface area contributed by atoms with Crippen LogP contribution in [0.25, 0.3) is 0 Å². The Kier molecular flexibility index (Phi) is 6.09. The molecule has 1 rings (SSSR count). The van der Waals surface area contributed by atoms with E-state index in [1.807, 2.05) is 6.92 Å². The lowest BCUT2D eigenvalue weighted by Crippen LogP contribution is -2.26. The summed E-state index contributed by atoms with van der Waals surface area (Å²) in [4.78, 5) is 0. The number of nitrogens with two attached hydrogens (primary N) is 1. The maximum Gasteiger partial charge on any atom is 0.127 e. The molecule has 0 aliphatic carbocycles. The highest BCUT2D eigenvalue weighted by atomic mass is 35.5. The second-order valence-electron chi connectivity index (χ2n) is 3.78. The van der Waals surface area contributed by atoms with Crippen LogP contribution >= 0.6 is 12.4 Å². The minimum atomic E-state index is -0.874. The zero-order chi connectivity index (χ0) is 12.3. The Hall–Kier alpha value is -1.17. The van der Waals surface area contributed by atoms with Gasteiger partial charge in [-0.05, 0) is 6.42 Å². The van der Waals surface area contributed by atoms with Crippen LogP contribution in [0.2, 0.25) is 0 Å². The van der Waals surface area contributed by atoms with Gasteiger partial charge in [0.15, 0.2) is 0 Å². The first-order chi connectivity index (χ1) is 7.47. The van der Waals surface area contributed by atoms with Gasteiger partial charge in [0.25, 0.3) is 0 Å². The zero-order valence-corrected chi connectivity index (χ0v) is 10.3. The fourth-order valence-corrected chi connectivity index (χ4v) is 1.62. The maximum absolute atomic E-state index is 9.68. The number of phenolic OH excluding ortho intramolecular Hbond substituents is 3. The summed E-state index contributed by atoms with van der Waals surface area (Å²) in [6.45, 7) is 1.90. The van der Waals surface area contributed by atoms with Crippen LogP contribution in [0, 0.1) is 0 Å². The normalized spacial score (nSPS) is 13.8. The first-order valence-corrected chi connectivity index (χ1v) is 5.15. The smallest absolute Gasteiger partial charge is 0.127 e. The first kappa shape index (κ1) is 15.8. The topological polar surface area (TPSA) is 107 Å². The lowest BCUT2D eigenvalue weighted by Gasteiger charge is -2.20. The molecule has 2 atom stereocenters. The molecule has 0 heterocycles. The van der Waals surface area contributed by atoms with E-state index in [-0.39, 0.29) is 35.2 Å². The van der Waals surface area contributed by atoms with Crippen molar-refractivity contribution in [1.82, 2.24) is 0 Å². The Morgan fingerprint density at radius 3 is 2.06 bits per heavy atom. The Labute approximate surface area is 106 Å². The third-order valence-electron chi connectivity index (χ3n) is 2.45. The molecule has 5 nitrogen and oxygen atoms in total. The summed E-state index contributed by atoms with van der Waals surface area (Å²) < 4.78 is 0. The fourth-order valence-electron chi connectivity index (χ4n) is 1.62. The Morgan fingerprint density at radius 2 is 1.65 bits per heavy atom. The van der Waals surface area contributed by atoms with Crippen LogP contribution < -0.4 is 5.73 Å². The maximum atomic E-state index is 9.68. The number of aliphatic hydroxyl groups excluding tert-OH is 1. The molecule has 98 valence electrons. The van der Waals surface area contributed by atoms with Gasteiger partial charge in [-0.15, -0.1) is 12.4 Å². The van der Waals surface area contributed by atoms with E-state index in [0.29, 0.717) is 6.42 Å². The molecular formula is C11H18ClNO4. The third kappa shape index (κ3) is 3.66. The van der Waals surface area contributed by atoms with Crippen molar-refractivity contribution in [1.29, 1.82) is 0 Å². The average Bonchev–Trinajstić information content (AvgIpc) is 2.16. The van der Waals surface area contributed by atoms with Gasteiger partial charge in [0, 0.05) is 12.1 Å². The molecule has 17 heavy (non-hydrogen) atoms. The number of benzene rings is 1. The van der Waals surface area contributed by atoms with Crippen molar-refractivity contribution in [3.05, 3.63) is 17.7 Å². The minimum absolute atomic E-state index is 0. The number of phenols is 3. The molecule has 1 aromatic carbocycles. The number of rotatable bonds is 4. The van der Waals surface area contributed by atoms with Crippen LogP contribution in [0.4, 0.5) is 0 Å². The molecule has 0 aromatic heterocycles. The fraction of sp³-hybridized carbons (Fsp3) is 0.455. The van der Waals surface area contributed by atoms with Gasteiger partial charge < -0.3 is 26.2 Å². The summed E-state index contributed by atoms with van der Waals surface area (Å²) in [5.74, 6) is -0.892. The van der Waals surface area contributed by atoms with Crippen LogP contribution in [-0.2, 0) is 0 Å². The number of halogens is 1. The van der Waals surface area contributed by atoms with Crippen LogP contribution in [0.1, 0.15) is 31.4 Å². The molecule has 0 aliphatic heterocycles. The van der Waals surface area contributed by atoms with E-state index in [9.17, 15) is 15.3 Å². The summed E-state index contributed by atoms with van der Waals surface area (Å²) in [6.07, 6.45) is 0.376. The van der Waals surface area contributed by atoms with Gasteiger partial charge in [-0.1, -0.05) is 13.3 Å². The summed E-state index contributed by atoms with van der Waals surface area (Å²) in [6, 6.07) is 1.28. The molecule has 6 N–H and O–H groups in total. The Morgan fingerprint density at radius 1 is 1.18 bits per heavy atom. The lowest BCUT2D eigenvalue weighted by molar-refractivity contribution is 0.132. The largest absolute Gasteiger partial charge is 0.508 e. The molecule has 0 radical (unpaired) electrons. The predicted molar refractivity (Wildman–Crippen MR) is 66.5 cm³/mol. The minimum Gasteiger partial charge on any atom is -0.508 e. The molecule has 0 unspecified atom stereocenters. The molecule has 0 amide bonds. The highest BCUT2D eigenvalue weighted by molar-refractivity contribution is 5.85. The van der Waals surface area contributed by atoms with Gasteiger partial charge in [-0.3, -0.25) is 0 Å². The number of aliphatic hydroxyl groups is 1. The van der Waals surface area contributed by atoms with Crippen molar-refractivity contribution >= 4 is 12.4 Å². The lowest BCUT2D eigenvalue weighted by atomic mass is 9.97. The summed E-state index contributed by atoms with van der Waals surface area (Å²) in [5, 5.41) is 37.9. The van der Waals surface area contributed by atoms with E-state index in [2.05, 4.69) is 0 Å². The quantitative estimate of drug-likeness (QED) is 0.564. The highest BCUT2D eigenvalue weighted by Crippen LogP contribution is 2.37. The van der Waals surface area contributed by atoms with Gasteiger partial charge in [0.2, 0.25) is 0 Å². The van der Waals surface area contributed by atoms with Crippen molar-refractivity contribution in [2.24, 2.45) is 5.73 Å². The molecule has 1 aromatic rings. The summed E-state index contributed by atoms with van der Waals surface area (Å²) >= 11 is 0. The SMILES string of the molecule is CCC[C@H](O)[C@H](N)c1c(O)cc(O)cc1O.Cl. The van der Waals surface area contributed by atoms with Crippen molar-refractivity contribution in [3.8, 4) is 17.2 Å². The van der Waals surface area contributed by atoms with Crippen LogP contribution in [0.3, 0.4) is 0 Å². The van der Waals surface area contributed by atoms with Crippen LogP contribution in [0.5, 0.6) is 17.2 Å². The van der Waals surface area contributed by atoms with Gasteiger partial charge >= 0.3 is 0 Å². The van der Waals surface area contributed by atoms with E-state index in [4.69, 9.17) is 10.8 Å². The van der Waals surface area contributed by atoms with Crippen LogP contribution in [0.15, 0.2) is 12.1 Å². The van der Waals surface area contributed by atoms with E-state index < -0.39 is 12.1 Å². The number of aromatic hydroxyl groups is 3. The van der Waals surface area contributed by atoms with E-state index in [1.54, 1.807) is 0 Å². The molecular weight excluding hydrogens is 246 g/mol. The second-order valence-corrected chi connectivity index (χ2v) is 3.78. The average molecular weight is 264 g/mol. The van der Waals surface area contributed by atoms with E-state index >= 15 is 0 Å². The van der Waals surface area contributed by atoms with Gasteiger partial charge in [-0.25, -0.2) is 0 Å².